The molecule has 6 heteroatoms. The number of para-hydroxylation sites is 4. The summed E-state index contributed by atoms with van der Waals surface area (Å²) in [5, 5.41) is 7.22. The number of thiophene rings is 1. The van der Waals surface area contributed by atoms with Crippen molar-refractivity contribution in [3.63, 3.8) is 0 Å². The molecule has 0 unspecified atom stereocenters. The molecule has 9 aromatic carbocycles. The highest BCUT2D eigenvalue weighted by atomic mass is 32.1. The summed E-state index contributed by atoms with van der Waals surface area (Å²) in [5.74, 6) is 1.78. The Kier molecular flexibility index (Phi) is 8.01. The number of fused-ring (bicyclic) bond motifs is 9. The van der Waals surface area contributed by atoms with E-state index in [0.717, 1.165) is 60.9 Å². The Morgan fingerprint density at radius 3 is 1.57 bits per heavy atom. The molecule has 5 nitrogen and oxygen atoms in total. The summed E-state index contributed by atoms with van der Waals surface area (Å²) in [5.41, 5.74) is 11.8. The second kappa shape index (κ2) is 14.2. The normalized spacial score (nSPS) is 11.8. The number of aromatic nitrogens is 5. The fourth-order valence-electron chi connectivity index (χ4n) is 9.63. The van der Waals surface area contributed by atoms with Crippen LogP contribution in [0.3, 0.4) is 0 Å². The number of hydrogen-bond acceptors (Lipinski definition) is 4. The third kappa shape index (κ3) is 5.59. The Hall–Kier alpha value is -8.19. The van der Waals surface area contributed by atoms with Crippen LogP contribution in [0.15, 0.2) is 212 Å². The van der Waals surface area contributed by atoms with Gasteiger partial charge in [0.2, 0.25) is 5.95 Å². The summed E-state index contributed by atoms with van der Waals surface area (Å²) in [6.45, 7) is 0. The Labute approximate surface area is 366 Å². The van der Waals surface area contributed by atoms with Gasteiger partial charge in [0, 0.05) is 69.7 Å². The van der Waals surface area contributed by atoms with Crippen LogP contribution >= 0.6 is 11.3 Å². The number of rotatable bonds is 6. The van der Waals surface area contributed by atoms with Crippen molar-refractivity contribution in [2.45, 2.75) is 0 Å². The molecule has 0 saturated carbocycles. The molecule has 294 valence electrons. The number of nitrogens with zero attached hydrogens (tertiary/aromatic N) is 5. The molecule has 0 amide bonds. The highest BCUT2D eigenvalue weighted by Crippen LogP contribution is 2.46. The summed E-state index contributed by atoms with van der Waals surface area (Å²) >= 11 is 1.84. The Bertz CT molecular complexity index is 3860. The van der Waals surface area contributed by atoms with Crippen LogP contribution in [0.25, 0.3) is 120 Å². The zero-order valence-corrected chi connectivity index (χ0v) is 34.7. The Morgan fingerprint density at radius 1 is 0.333 bits per heavy atom. The standard InChI is InChI=1S/C57H35N5S/c1-3-18-36(19-4-1)39-28-17-29-45-43-25-11-15-32-51(43)62(53(39)45)57-59-55(37-20-5-2-6-21-37)58-56(60-57)46-27-8-7-22-40(46)47-34-38(35-48-44-26-12-16-33-52(44)63-54(47)48)61-49-30-13-9-23-41(49)42-24-10-14-31-50(42)61/h1-35H. The molecule has 0 fully saturated rings. The van der Waals surface area contributed by atoms with Gasteiger partial charge in [-0.25, -0.2) is 4.98 Å². The second-order valence-electron chi connectivity index (χ2n) is 16.0. The van der Waals surface area contributed by atoms with Crippen molar-refractivity contribution in [2.24, 2.45) is 0 Å². The van der Waals surface area contributed by atoms with Gasteiger partial charge in [-0.05, 0) is 47.5 Å². The van der Waals surface area contributed by atoms with E-state index in [4.69, 9.17) is 15.0 Å². The van der Waals surface area contributed by atoms with E-state index >= 15 is 0 Å². The molecular formula is C57H35N5S. The SMILES string of the molecule is c1ccc(-c2nc(-c3ccccc3-c3cc(-n4c5ccccc5c5ccccc54)cc4c3sc3ccccc34)nc(-n3c4ccccc4c4cccc(-c5ccccc5)c43)n2)cc1. The van der Waals surface area contributed by atoms with E-state index in [9.17, 15) is 0 Å². The topological polar surface area (TPSA) is 48.5 Å². The molecule has 0 radical (unpaired) electrons. The summed E-state index contributed by atoms with van der Waals surface area (Å²) in [6.07, 6.45) is 0. The summed E-state index contributed by atoms with van der Waals surface area (Å²) in [7, 11) is 0. The maximum absolute atomic E-state index is 5.51. The van der Waals surface area contributed by atoms with Gasteiger partial charge in [0.25, 0.3) is 0 Å². The van der Waals surface area contributed by atoms with Crippen LogP contribution in [-0.4, -0.2) is 24.1 Å². The molecular weight excluding hydrogens is 787 g/mol. The van der Waals surface area contributed by atoms with Gasteiger partial charge in [0.1, 0.15) is 0 Å². The molecule has 0 aliphatic carbocycles. The lowest BCUT2D eigenvalue weighted by atomic mass is 9.96. The van der Waals surface area contributed by atoms with E-state index < -0.39 is 0 Å². The fraction of sp³-hybridized carbons (Fsp3) is 0. The first-order valence-electron chi connectivity index (χ1n) is 21.2. The molecule has 4 aromatic heterocycles. The number of benzene rings is 9. The minimum atomic E-state index is 0.564. The largest absolute Gasteiger partial charge is 0.309 e. The predicted octanol–water partition coefficient (Wildman–Crippen LogP) is 15.1. The van der Waals surface area contributed by atoms with Gasteiger partial charge in [-0.1, -0.05) is 176 Å². The van der Waals surface area contributed by atoms with Crippen molar-refractivity contribution in [3.8, 4) is 56.7 Å². The molecule has 0 atom stereocenters. The minimum Gasteiger partial charge on any atom is -0.309 e. The second-order valence-corrected chi connectivity index (χ2v) is 17.0. The Morgan fingerprint density at radius 2 is 0.857 bits per heavy atom. The summed E-state index contributed by atoms with van der Waals surface area (Å²) in [4.78, 5) is 16.2. The average molecular weight is 822 g/mol. The van der Waals surface area contributed by atoms with Crippen LogP contribution in [0.1, 0.15) is 0 Å². The van der Waals surface area contributed by atoms with Gasteiger partial charge >= 0.3 is 0 Å². The van der Waals surface area contributed by atoms with Crippen LogP contribution in [-0.2, 0) is 0 Å². The molecule has 0 spiro atoms. The monoisotopic (exact) mass is 821 g/mol. The quantitative estimate of drug-likeness (QED) is 0.168. The molecule has 0 saturated heterocycles. The minimum absolute atomic E-state index is 0.564. The summed E-state index contributed by atoms with van der Waals surface area (Å²) < 4.78 is 7.13. The van der Waals surface area contributed by atoms with Crippen LogP contribution < -0.4 is 0 Å². The lowest BCUT2D eigenvalue weighted by molar-refractivity contribution is 0.954. The van der Waals surface area contributed by atoms with Crippen LogP contribution in [0, 0.1) is 0 Å². The smallest absolute Gasteiger partial charge is 0.238 e. The zero-order chi connectivity index (χ0) is 41.4. The first kappa shape index (κ1) is 35.6. The molecule has 0 bridgehead atoms. The lowest BCUT2D eigenvalue weighted by Gasteiger charge is -2.16. The lowest BCUT2D eigenvalue weighted by Crippen LogP contribution is -2.07. The molecule has 13 rings (SSSR count). The van der Waals surface area contributed by atoms with E-state index in [2.05, 4.69) is 203 Å². The number of hydrogen-bond donors (Lipinski definition) is 0. The van der Waals surface area contributed by atoms with Gasteiger partial charge < -0.3 is 4.57 Å². The van der Waals surface area contributed by atoms with Gasteiger partial charge in [-0.2, -0.15) is 9.97 Å². The fourth-order valence-corrected chi connectivity index (χ4v) is 10.8. The van der Waals surface area contributed by atoms with E-state index in [1.54, 1.807) is 0 Å². The first-order chi connectivity index (χ1) is 31.3. The third-order valence-electron chi connectivity index (χ3n) is 12.4. The predicted molar refractivity (Wildman–Crippen MR) is 263 cm³/mol. The van der Waals surface area contributed by atoms with Crippen molar-refractivity contribution in [1.82, 2.24) is 24.1 Å². The van der Waals surface area contributed by atoms with Gasteiger partial charge in [0.15, 0.2) is 11.6 Å². The molecule has 63 heavy (non-hydrogen) atoms. The van der Waals surface area contributed by atoms with E-state index in [0.29, 0.717) is 17.6 Å². The van der Waals surface area contributed by atoms with E-state index in [-0.39, 0.29) is 0 Å². The Balaban J connectivity index is 1.11. The van der Waals surface area contributed by atoms with Crippen molar-refractivity contribution >= 4 is 75.1 Å². The highest BCUT2D eigenvalue weighted by Gasteiger charge is 2.23. The average Bonchev–Trinajstić information content (AvgIpc) is 4.02. The van der Waals surface area contributed by atoms with Crippen molar-refractivity contribution in [3.05, 3.63) is 212 Å². The zero-order valence-electron chi connectivity index (χ0n) is 33.9. The van der Waals surface area contributed by atoms with Crippen LogP contribution in [0.2, 0.25) is 0 Å². The molecule has 0 N–H and O–H groups in total. The van der Waals surface area contributed by atoms with E-state index in [1.807, 2.05) is 29.5 Å². The van der Waals surface area contributed by atoms with Gasteiger partial charge in [-0.15, -0.1) is 11.3 Å². The molecule has 13 aromatic rings. The molecule has 0 aliphatic rings. The maximum atomic E-state index is 5.51. The highest BCUT2D eigenvalue weighted by molar-refractivity contribution is 7.26. The van der Waals surface area contributed by atoms with Crippen molar-refractivity contribution in [2.75, 3.05) is 0 Å². The van der Waals surface area contributed by atoms with E-state index in [1.165, 1.54) is 42.0 Å². The van der Waals surface area contributed by atoms with Gasteiger partial charge in [-0.3, -0.25) is 4.57 Å². The first-order valence-corrected chi connectivity index (χ1v) is 22.0. The van der Waals surface area contributed by atoms with Crippen LogP contribution in [0.4, 0.5) is 0 Å². The summed E-state index contributed by atoms with van der Waals surface area (Å²) in [6, 6.07) is 75.5. The van der Waals surface area contributed by atoms with Crippen molar-refractivity contribution in [1.29, 1.82) is 0 Å². The molecule has 4 heterocycles. The maximum Gasteiger partial charge on any atom is 0.238 e. The van der Waals surface area contributed by atoms with Crippen molar-refractivity contribution < 1.29 is 0 Å². The van der Waals surface area contributed by atoms with Crippen LogP contribution in [0.5, 0.6) is 0 Å². The van der Waals surface area contributed by atoms with Gasteiger partial charge in [0.05, 0.1) is 22.1 Å². The molecule has 0 aliphatic heterocycles. The third-order valence-corrected chi connectivity index (χ3v) is 13.6.